The predicted octanol–water partition coefficient (Wildman–Crippen LogP) is 1.68. The molecule has 0 aromatic heterocycles. The van der Waals surface area contributed by atoms with Gasteiger partial charge in [-0.3, -0.25) is 9.69 Å². The highest BCUT2D eigenvalue weighted by Crippen LogP contribution is 2.28. The monoisotopic (exact) mass is 363 g/mol. The molecule has 8 heteroatoms. The molecule has 26 heavy (non-hydrogen) atoms. The van der Waals surface area contributed by atoms with E-state index in [1.165, 1.54) is 11.0 Å². The van der Waals surface area contributed by atoms with Crippen molar-refractivity contribution in [1.29, 1.82) is 0 Å². The van der Waals surface area contributed by atoms with Crippen LogP contribution in [-0.2, 0) is 14.3 Å². The summed E-state index contributed by atoms with van der Waals surface area (Å²) in [5.41, 5.74) is 0.906. The zero-order valence-corrected chi connectivity index (χ0v) is 14.4. The van der Waals surface area contributed by atoms with E-state index in [2.05, 4.69) is 11.9 Å². The summed E-state index contributed by atoms with van der Waals surface area (Å²) < 4.78 is 25.0. The van der Waals surface area contributed by atoms with Crippen LogP contribution < -0.4 is 15.1 Å². The number of carbonyl (C=O) groups excluding carboxylic acids is 2. The van der Waals surface area contributed by atoms with Gasteiger partial charge in [-0.05, 0) is 18.2 Å². The first kappa shape index (κ1) is 18.2. The number of hydrogen-bond donors (Lipinski definition) is 1. The Morgan fingerprint density at radius 3 is 2.85 bits per heavy atom. The second-order valence-corrected chi connectivity index (χ2v) is 6.15. The van der Waals surface area contributed by atoms with Gasteiger partial charge in [0.1, 0.15) is 11.9 Å². The van der Waals surface area contributed by atoms with Gasteiger partial charge in [-0.1, -0.05) is 6.08 Å². The standard InChI is InChI=1S/C18H22FN3O4/c1-2-5-20-17(23)11-14-12-22(18(24)26-14)13-3-4-16(15(19)10-13)21-6-8-25-9-7-21/h2-4,10,14H,1,5-9,11-12H2,(H,20,23)/t14-/m1/s1. The van der Waals surface area contributed by atoms with Crippen LogP contribution in [0.25, 0.3) is 0 Å². The zero-order chi connectivity index (χ0) is 18.5. The molecular formula is C18H22FN3O4. The number of rotatable bonds is 6. The molecule has 2 amide bonds. The Bertz CT molecular complexity index is 691. The van der Waals surface area contributed by atoms with Gasteiger partial charge in [-0.2, -0.15) is 0 Å². The Morgan fingerprint density at radius 1 is 1.38 bits per heavy atom. The van der Waals surface area contributed by atoms with Crippen LogP contribution in [0.15, 0.2) is 30.9 Å². The molecule has 0 bridgehead atoms. The lowest BCUT2D eigenvalue weighted by atomic mass is 10.2. The van der Waals surface area contributed by atoms with Gasteiger partial charge < -0.3 is 19.7 Å². The van der Waals surface area contributed by atoms with E-state index in [0.717, 1.165) is 0 Å². The van der Waals surface area contributed by atoms with Crippen molar-refractivity contribution in [1.82, 2.24) is 5.32 Å². The first-order valence-corrected chi connectivity index (χ1v) is 8.56. The lowest BCUT2D eigenvalue weighted by Crippen LogP contribution is -2.36. The molecule has 2 heterocycles. The number of nitrogens with one attached hydrogen (secondary N) is 1. The molecular weight excluding hydrogens is 341 g/mol. The maximum absolute atomic E-state index is 14.5. The fourth-order valence-corrected chi connectivity index (χ4v) is 3.03. The minimum absolute atomic E-state index is 0.0599. The predicted molar refractivity (Wildman–Crippen MR) is 94.9 cm³/mol. The van der Waals surface area contributed by atoms with E-state index in [0.29, 0.717) is 44.2 Å². The Morgan fingerprint density at radius 2 is 2.15 bits per heavy atom. The maximum atomic E-state index is 14.5. The van der Waals surface area contributed by atoms with Crippen LogP contribution >= 0.6 is 0 Å². The summed E-state index contributed by atoms with van der Waals surface area (Å²) in [6, 6.07) is 4.68. The molecule has 0 radical (unpaired) electrons. The summed E-state index contributed by atoms with van der Waals surface area (Å²) in [4.78, 5) is 27.1. The summed E-state index contributed by atoms with van der Waals surface area (Å²) >= 11 is 0. The van der Waals surface area contributed by atoms with Crippen LogP contribution in [0.2, 0.25) is 0 Å². The molecule has 0 unspecified atom stereocenters. The molecule has 0 saturated carbocycles. The minimum atomic E-state index is -0.579. The van der Waals surface area contributed by atoms with Gasteiger partial charge in [0.05, 0.1) is 37.6 Å². The molecule has 1 aromatic carbocycles. The van der Waals surface area contributed by atoms with Crippen LogP contribution in [0.5, 0.6) is 0 Å². The van der Waals surface area contributed by atoms with Gasteiger partial charge in [-0.25, -0.2) is 9.18 Å². The van der Waals surface area contributed by atoms with Crippen LogP contribution in [-0.4, -0.2) is 57.5 Å². The van der Waals surface area contributed by atoms with Gasteiger partial charge in [0.25, 0.3) is 0 Å². The number of halogens is 1. The fraction of sp³-hybridized carbons (Fsp3) is 0.444. The van der Waals surface area contributed by atoms with Crippen molar-refractivity contribution in [2.75, 3.05) is 49.2 Å². The van der Waals surface area contributed by atoms with E-state index in [1.807, 2.05) is 4.90 Å². The minimum Gasteiger partial charge on any atom is -0.443 e. The normalized spacial score (nSPS) is 20.0. The SMILES string of the molecule is C=CCNC(=O)C[C@@H]1CN(c2ccc(N3CCOCC3)c(F)c2)C(=O)O1. The number of anilines is 2. The first-order chi connectivity index (χ1) is 12.6. The molecule has 1 N–H and O–H groups in total. The van der Waals surface area contributed by atoms with E-state index in [9.17, 15) is 14.0 Å². The molecule has 2 fully saturated rings. The number of cyclic esters (lactones) is 1. The summed E-state index contributed by atoms with van der Waals surface area (Å²) in [6.07, 6.45) is 0.494. The van der Waals surface area contributed by atoms with Gasteiger partial charge in [-0.15, -0.1) is 6.58 Å². The van der Waals surface area contributed by atoms with Crippen molar-refractivity contribution in [3.05, 3.63) is 36.7 Å². The van der Waals surface area contributed by atoms with Gasteiger partial charge in [0.15, 0.2) is 0 Å². The zero-order valence-electron chi connectivity index (χ0n) is 14.4. The van der Waals surface area contributed by atoms with Crippen LogP contribution in [0.4, 0.5) is 20.6 Å². The van der Waals surface area contributed by atoms with Crippen molar-refractivity contribution in [2.24, 2.45) is 0 Å². The average Bonchev–Trinajstić information content (AvgIpc) is 3.00. The number of benzene rings is 1. The van der Waals surface area contributed by atoms with Crippen LogP contribution in [0.3, 0.4) is 0 Å². The fourth-order valence-electron chi connectivity index (χ4n) is 3.03. The molecule has 1 aromatic rings. The molecule has 140 valence electrons. The van der Waals surface area contributed by atoms with E-state index < -0.39 is 18.0 Å². The third-order valence-corrected chi connectivity index (χ3v) is 4.33. The largest absolute Gasteiger partial charge is 0.443 e. The lowest BCUT2D eigenvalue weighted by Gasteiger charge is -2.29. The highest BCUT2D eigenvalue weighted by molar-refractivity contribution is 5.90. The Hall–Kier alpha value is -2.61. The molecule has 1 atom stereocenters. The maximum Gasteiger partial charge on any atom is 0.414 e. The number of carbonyl (C=O) groups is 2. The summed E-state index contributed by atoms with van der Waals surface area (Å²) in [5, 5.41) is 2.64. The van der Waals surface area contributed by atoms with Crippen molar-refractivity contribution >= 4 is 23.4 Å². The van der Waals surface area contributed by atoms with Gasteiger partial charge in [0.2, 0.25) is 5.91 Å². The number of morpholine rings is 1. The molecule has 2 aliphatic heterocycles. The second kappa shape index (κ2) is 8.18. The summed E-state index contributed by atoms with van der Waals surface area (Å²) in [6.45, 7) is 6.47. The van der Waals surface area contributed by atoms with Crippen LogP contribution in [0, 0.1) is 5.82 Å². The number of ether oxygens (including phenoxy) is 2. The highest BCUT2D eigenvalue weighted by atomic mass is 19.1. The van der Waals surface area contributed by atoms with Crippen molar-refractivity contribution < 1.29 is 23.5 Å². The number of hydrogen-bond acceptors (Lipinski definition) is 5. The number of nitrogens with zero attached hydrogens (tertiary/aromatic N) is 2. The van der Waals surface area contributed by atoms with Crippen molar-refractivity contribution in [2.45, 2.75) is 12.5 Å². The third kappa shape index (κ3) is 4.13. The highest BCUT2D eigenvalue weighted by Gasteiger charge is 2.34. The third-order valence-electron chi connectivity index (χ3n) is 4.33. The quantitative estimate of drug-likeness (QED) is 0.779. The molecule has 3 rings (SSSR count). The van der Waals surface area contributed by atoms with E-state index in [-0.39, 0.29) is 18.9 Å². The molecule has 0 spiro atoms. The van der Waals surface area contributed by atoms with Gasteiger partial charge in [0, 0.05) is 19.6 Å². The Labute approximate surface area is 151 Å². The molecule has 7 nitrogen and oxygen atoms in total. The molecule has 0 aliphatic carbocycles. The van der Waals surface area contributed by atoms with E-state index >= 15 is 0 Å². The van der Waals surface area contributed by atoms with E-state index in [4.69, 9.17) is 9.47 Å². The van der Waals surface area contributed by atoms with Gasteiger partial charge >= 0.3 is 6.09 Å². The van der Waals surface area contributed by atoms with Crippen molar-refractivity contribution in [3.8, 4) is 0 Å². The summed E-state index contributed by atoms with van der Waals surface area (Å²) in [5.74, 6) is -0.622. The van der Waals surface area contributed by atoms with Crippen molar-refractivity contribution in [3.63, 3.8) is 0 Å². The topological polar surface area (TPSA) is 71.1 Å². The molecule has 2 saturated heterocycles. The lowest BCUT2D eigenvalue weighted by molar-refractivity contribution is -0.122. The Balaban J connectivity index is 1.65. The van der Waals surface area contributed by atoms with Crippen LogP contribution in [0.1, 0.15) is 6.42 Å². The summed E-state index contributed by atoms with van der Waals surface area (Å²) in [7, 11) is 0. The molecule has 2 aliphatic rings. The Kier molecular flexibility index (Phi) is 5.72. The average molecular weight is 363 g/mol. The van der Waals surface area contributed by atoms with E-state index in [1.54, 1.807) is 18.2 Å². The second-order valence-electron chi connectivity index (χ2n) is 6.15. The smallest absolute Gasteiger partial charge is 0.414 e. The first-order valence-electron chi connectivity index (χ1n) is 8.56. The number of amides is 2.